The lowest BCUT2D eigenvalue weighted by molar-refractivity contribution is 1.15. The zero-order valence-corrected chi connectivity index (χ0v) is 11.0. The summed E-state index contributed by atoms with van der Waals surface area (Å²) in [5.41, 5.74) is 3.49. The molecule has 0 spiro atoms. The summed E-state index contributed by atoms with van der Waals surface area (Å²) in [4.78, 5) is 0. The van der Waals surface area contributed by atoms with Gasteiger partial charge in [-0.3, -0.25) is 0 Å². The highest BCUT2D eigenvalue weighted by atomic mass is 35.5. The third-order valence-corrected chi connectivity index (χ3v) is 3.13. The third kappa shape index (κ3) is 2.90. The van der Waals surface area contributed by atoms with Gasteiger partial charge >= 0.3 is 0 Å². The van der Waals surface area contributed by atoms with E-state index in [0.717, 1.165) is 21.8 Å². The highest BCUT2D eigenvalue weighted by Gasteiger charge is 2.04. The average Bonchev–Trinajstić information content (AvgIpc) is 2.38. The lowest BCUT2D eigenvalue weighted by atomic mass is 10.1. The molecule has 92 valence electrons. The fraction of sp³-hybridized carbons (Fsp3) is 0.133. The van der Waals surface area contributed by atoms with Gasteiger partial charge in [0.25, 0.3) is 0 Å². The van der Waals surface area contributed by atoms with Crippen LogP contribution in [0.1, 0.15) is 18.1 Å². The lowest BCUT2D eigenvalue weighted by Crippen LogP contribution is -2.05. The quantitative estimate of drug-likeness (QED) is 0.787. The molecular formula is C15H15ClN2. The van der Waals surface area contributed by atoms with Gasteiger partial charge < -0.3 is 10.7 Å². The van der Waals surface area contributed by atoms with E-state index >= 15 is 0 Å². The van der Waals surface area contributed by atoms with Crippen molar-refractivity contribution in [1.82, 2.24) is 0 Å². The molecule has 0 saturated carbocycles. The minimum Gasteiger partial charge on any atom is -0.380 e. The van der Waals surface area contributed by atoms with Crippen molar-refractivity contribution in [2.45, 2.75) is 13.5 Å². The van der Waals surface area contributed by atoms with E-state index in [0.29, 0.717) is 12.3 Å². The Morgan fingerprint density at radius 3 is 2.50 bits per heavy atom. The summed E-state index contributed by atoms with van der Waals surface area (Å²) < 4.78 is 0. The maximum absolute atomic E-state index is 7.74. The molecule has 0 fully saturated rings. The summed E-state index contributed by atoms with van der Waals surface area (Å²) in [6.07, 6.45) is 0. The first-order chi connectivity index (χ1) is 8.68. The second kappa shape index (κ2) is 5.69. The molecular weight excluding hydrogens is 244 g/mol. The van der Waals surface area contributed by atoms with Gasteiger partial charge in [-0.25, -0.2) is 0 Å². The summed E-state index contributed by atoms with van der Waals surface area (Å²) in [6, 6.07) is 15.6. The van der Waals surface area contributed by atoms with Crippen LogP contribution in [0, 0.1) is 5.41 Å². The van der Waals surface area contributed by atoms with Crippen LogP contribution in [0.3, 0.4) is 0 Å². The first-order valence-electron chi connectivity index (χ1n) is 5.80. The van der Waals surface area contributed by atoms with Gasteiger partial charge in [0.1, 0.15) is 0 Å². The van der Waals surface area contributed by atoms with Crippen molar-refractivity contribution in [3.63, 3.8) is 0 Å². The lowest BCUT2D eigenvalue weighted by Gasteiger charge is -2.12. The largest absolute Gasteiger partial charge is 0.380 e. The van der Waals surface area contributed by atoms with Crippen LogP contribution < -0.4 is 5.32 Å². The zero-order valence-electron chi connectivity index (χ0n) is 10.2. The molecule has 0 heterocycles. The van der Waals surface area contributed by atoms with E-state index in [9.17, 15) is 0 Å². The Bertz CT molecular complexity index is 564. The Morgan fingerprint density at radius 2 is 1.78 bits per heavy atom. The van der Waals surface area contributed by atoms with Crippen molar-refractivity contribution in [1.29, 1.82) is 5.41 Å². The fourth-order valence-corrected chi connectivity index (χ4v) is 2.00. The van der Waals surface area contributed by atoms with Crippen molar-refractivity contribution >= 4 is 23.0 Å². The molecule has 2 aromatic carbocycles. The van der Waals surface area contributed by atoms with Crippen LogP contribution in [0.4, 0.5) is 5.69 Å². The van der Waals surface area contributed by atoms with Gasteiger partial charge in [-0.2, -0.15) is 0 Å². The standard InChI is InChI=1S/C15H15ClN2/c1-11(17)13-7-3-5-9-15(13)18-10-12-6-2-4-8-14(12)16/h2-9,17-18H,10H2,1H3. The van der Waals surface area contributed by atoms with E-state index in [1.54, 1.807) is 6.92 Å². The molecule has 3 heteroatoms. The molecule has 2 N–H and O–H groups in total. The van der Waals surface area contributed by atoms with Gasteiger partial charge in [-0.15, -0.1) is 0 Å². The van der Waals surface area contributed by atoms with Crippen LogP contribution in [0.5, 0.6) is 0 Å². The van der Waals surface area contributed by atoms with Gasteiger partial charge in [0.05, 0.1) is 0 Å². The third-order valence-electron chi connectivity index (χ3n) is 2.76. The maximum atomic E-state index is 7.74. The molecule has 2 rings (SSSR count). The Labute approximate surface area is 112 Å². The summed E-state index contributed by atoms with van der Waals surface area (Å²) in [5, 5.41) is 11.8. The minimum atomic E-state index is 0.553. The molecule has 0 unspecified atom stereocenters. The second-order valence-corrected chi connectivity index (χ2v) is 4.52. The molecule has 0 atom stereocenters. The summed E-state index contributed by atoms with van der Waals surface area (Å²) >= 11 is 6.11. The van der Waals surface area contributed by atoms with Crippen LogP contribution in [0.15, 0.2) is 48.5 Å². The van der Waals surface area contributed by atoms with E-state index in [1.165, 1.54) is 0 Å². The van der Waals surface area contributed by atoms with Crippen LogP contribution in [0.2, 0.25) is 5.02 Å². The SMILES string of the molecule is CC(=N)c1ccccc1NCc1ccccc1Cl. The number of halogens is 1. The number of rotatable bonds is 4. The molecule has 0 saturated heterocycles. The molecule has 0 radical (unpaired) electrons. The van der Waals surface area contributed by atoms with Crippen LogP contribution >= 0.6 is 11.6 Å². The van der Waals surface area contributed by atoms with E-state index in [1.807, 2.05) is 48.5 Å². The van der Waals surface area contributed by atoms with Crippen LogP contribution in [0.25, 0.3) is 0 Å². The number of benzene rings is 2. The Morgan fingerprint density at radius 1 is 1.11 bits per heavy atom. The number of para-hydroxylation sites is 1. The van der Waals surface area contributed by atoms with E-state index in [4.69, 9.17) is 17.0 Å². The summed E-state index contributed by atoms with van der Waals surface area (Å²) in [6.45, 7) is 2.44. The number of hydrogen-bond donors (Lipinski definition) is 2. The molecule has 18 heavy (non-hydrogen) atoms. The Hall–Kier alpha value is -1.80. The first kappa shape index (κ1) is 12.7. The Kier molecular flexibility index (Phi) is 4.00. The van der Waals surface area contributed by atoms with Crippen LogP contribution in [-0.2, 0) is 6.54 Å². The minimum absolute atomic E-state index is 0.553. The van der Waals surface area contributed by atoms with E-state index in [-0.39, 0.29) is 0 Å². The molecule has 2 nitrogen and oxygen atoms in total. The smallest absolute Gasteiger partial charge is 0.0455 e. The van der Waals surface area contributed by atoms with Gasteiger partial charge in [0, 0.05) is 28.5 Å². The number of hydrogen-bond acceptors (Lipinski definition) is 2. The van der Waals surface area contributed by atoms with Gasteiger partial charge in [-0.1, -0.05) is 48.0 Å². The topological polar surface area (TPSA) is 35.9 Å². The van der Waals surface area contributed by atoms with Crippen molar-refractivity contribution < 1.29 is 0 Å². The van der Waals surface area contributed by atoms with Crippen molar-refractivity contribution in [3.05, 3.63) is 64.7 Å². The van der Waals surface area contributed by atoms with Gasteiger partial charge in [0.15, 0.2) is 0 Å². The predicted octanol–water partition coefficient (Wildman–Crippen LogP) is 4.34. The molecule has 0 amide bonds. The molecule has 0 aromatic heterocycles. The van der Waals surface area contributed by atoms with Gasteiger partial charge in [-0.05, 0) is 24.6 Å². The fourth-order valence-electron chi connectivity index (χ4n) is 1.80. The van der Waals surface area contributed by atoms with Gasteiger partial charge in [0.2, 0.25) is 0 Å². The predicted molar refractivity (Wildman–Crippen MR) is 77.7 cm³/mol. The molecule has 2 aromatic rings. The normalized spacial score (nSPS) is 10.1. The molecule has 0 aliphatic heterocycles. The molecule has 0 aliphatic rings. The van der Waals surface area contributed by atoms with Crippen molar-refractivity contribution in [2.24, 2.45) is 0 Å². The monoisotopic (exact) mass is 258 g/mol. The van der Waals surface area contributed by atoms with Crippen LogP contribution in [-0.4, -0.2) is 5.71 Å². The summed E-state index contributed by atoms with van der Waals surface area (Å²) in [5.74, 6) is 0. The zero-order chi connectivity index (χ0) is 13.0. The highest BCUT2D eigenvalue weighted by molar-refractivity contribution is 6.31. The number of nitrogens with one attached hydrogen (secondary N) is 2. The van der Waals surface area contributed by atoms with Crippen molar-refractivity contribution in [3.8, 4) is 0 Å². The number of anilines is 1. The Balaban J connectivity index is 2.16. The highest BCUT2D eigenvalue weighted by Crippen LogP contribution is 2.19. The average molecular weight is 259 g/mol. The summed E-state index contributed by atoms with van der Waals surface area (Å²) in [7, 11) is 0. The molecule has 0 bridgehead atoms. The van der Waals surface area contributed by atoms with Crippen molar-refractivity contribution in [2.75, 3.05) is 5.32 Å². The van der Waals surface area contributed by atoms with E-state index in [2.05, 4.69) is 5.32 Å². The first-order valence-corrected chi connectivity index (χ1v) is 6.18. The van der Waals surface area contributed by atoms with E-state index < -0.39 is 0 Å². The second-order valence-electron chi connectivity index (χ2n) is 4.12. The maximum Gasteiger partial charge on any atom is 0.0455 e. The molecule has 0 aliphatic carbocycles.